The fraction of sp³-hybridized carbons (Fsp3) is 0.533. The van der Waals surface area contributed by atoms with E-state index in [0.29, 0.717) is 6.04 Å². The maximum Gasteiger partial charge on any atom is 0.106 e. The van der Waals surface area contributed by atoms with Crippen LogP contribution in [0.4, 0.5) is 0 Å². The molecule has 2 rings (SSSR count). The van der Waals surface area contributed by atoms with E-state index in [2.05, 4.69) is 49.1 Å². The van der Waals surface area contributed by atoms with Crippen LogP contribution in [-0.4, -0.2) is 16.5 Å². The topological polar surface area (TPSA) is 27.0 Å². The molecule has 2 nitrogen and oxygen atoms in total. The average Bonchev–Trinajstić information content (AvgIpc) is 2.35. The molecule has 0 bridgehead atoms. The first-order valence-electron chi connectivity index (χ1n) is 6.38. The molecule has 2 heteroatoms. The molecular formula is C15H20N2. The van der Waals surface area contributed by atoms with E-state index in [1.165, 1.54) is 12.0 Å². The molecule has 1 fully saturated rings. The molecule has 0 spiro atoms. The molecule has 0 unspecified atom stereocenters. The number of nitrogens with zero attached hydrogens (tertiary/aromatic N) is 2. The van der Waals surface area contributed by atoms with Crippen LogP contribution in [0.15, 0.2) is 30.3 Å². The SMILES string of the molecule is C[C@@H]1CCC[C@@](C)(C#N)N1Cc1ccccc1. The molecule has 2 atom stereocenters. The summed E-state index contributed by atoms with van der Waals surface area (Å²) < 4.78 is 0. The van der Waals surface area contributed by atoms with E-state index in [0.717, 1.165) is 19.4 Å². The molecule has 1 aromatic carbocycles. The summed E-state index contributed by atoms with van der Waals surface area (Å²) in [5.74, 6) is 0. The van der Waals surface area contributed by atoms with Gasteiger partial charge in [0, 0.05) is 12.6 Å². The number of piperidine rings is 1. The Hall–Kier alpha value is -1.33. The number of hydrogen-bond donors (Lipinski definition) is 0. The molecule has 90 valence electrons. The van der Waals surface area contributed by atoms with Crippen LogP contribution < -0.4 is 0 Å². The Kier molecular flexibility index (Phi) is 3.49. The van der Waals surface area contributed by atoms with E-state index in [1.54, 1.807) is 0 Å². The van der Waals surface area contributed by atoms with E-state index in [4.69, 9.17) is 0 Å². The third-order valence-electron chi connectivity index (χ3n) is 3.89. The van der Waals surface area contributed by atoms with Crippen molar-refractivity contribution in [2.75, 3.05) is 0 Å². The van der Waals surface area contributed by atoms with Gasteiger partial charge in [0.25, 0.3) is 0 Å². The Morgan fingerprint density at radius 3 is 2.76 bits per heavy atom. The molecule has 0 saturated carbocycles. The van der Waals surface area contributed by atoms with Gasteiger partial charge in [-0.1, -0.05) is 30.3 Å². The second-order valence-corrected chi connectivity index (χ2v) is 5.24. The molecule has 0 aliphatic carbocycles. The zero-order valence-electron chi connectivity index (χ0n) is 10.7. The highest BCUT2D eigenvalue weighted by Gasteiger charge is 2.37. The molecule has 17 heavy (non-hydrogen) atoms. The second kappa shape index (κ2) is 4.89. The van der Waals surface area contributed by atoms with Crippen LogP contribution >= 0.6 is 0 Å². The van der Waals surface area contributed by atoms with E-state index >= 15 is 0 Å². The highest BCUT2D eigenvalue weighted by atomic mass is 15.2. The summed E-state index contributed by atoms with van der Waals surface area (Å²) in [6, 6.07) is 13.4. The third kappa shape index (κ3) is 2.50. The lowest BCUT2D eigenvalue weighted by molar-refractivity contribution is 0.0491. The summed E-state index contributed by atoms with van der Waals surface area (Å²) in [7, 11) is 0. The first-order valence-corrected chi connectivity index (χ1v) is 6.38. The molecule has 0 aromatic heterocycles. The highest BCUT2D eigenvalue weighted by molar-refractivity contribution is 5.17. The van der Waals surface area contributed by atoms with Gasteiger partial charge in [-0.25, -0.2) is 0 Å². The number of hydrogen-bond acceptors (Lipinski definition) is 2. The van der Waals surface area contributed by atoms with Crippen molar-refractivity contribution in [1.82, 2.24) is 4.90 Å². The summed E-state index contributed by atoms with van der Waals surface area (Å²) >= 11 is 0. The maximum absolute atomic E-state index is 9.42. The fourth-order valence-electron chi connectivity index (χ4n) is 2.76. The van der Waals surface area contributed by atoms with Crippen LogP contribution in [-0.2, 0) is 6.54 Å². The van der Waals surface area contributed by atoms with Crippen molar-refractivity contribution in [2.45, 2.75) is 51.2 Å². The molecule has 1 aromatic rings. The summed E-state index contributed by atoms with van der Waals surface area (Å²) in [6.07, 6.45) is 3.35. The zero-order valence-corrected chi connectivity index (χ0v) is 10.7. The maximum atomic E-state index is 9.42. The van der Waals surface area contributed by atoms with Gasteiger partial charge in [-0.3, -0.25) is 4.90 Å². The predicted octanol–water partition coefficient (Wildman–Crippen LogP) is 3.34. The lowest BCUT2D eigenvalue weighted by atomic mass is 9.86. The Bertz CT molecular complexity index is 407. The van der Waals surface area contributed by atoms with Gasteiger partial charge in [-0.15, -0.1) is 0 Å². The van der Waals surface area contributed by atoms with E-state index in [1.807, 2.05) is 6.07 Å². The Morgan fingerprint density at radius 2 is 2.12 bits per heavy atom. The Morgan fingerprint density at radius 1 is 1.41 bits per heavy atom. The Labute approximate surface area is 104 Å². The summed E-state index contributed by atoms with van der Waals surface area (Å²) in [5.41, 5.74) is 0.996. The van der Waals surface area contributed by atoms with E-state index in [9.17, 15) is 5.26 Å². The van der Waals surface area contributed by atoms with Crippen molar-refractivity contribution in [3.63, 3.8) is 0 Å². The average molecular weight is 228 g/mol. The minimum Gasteiger partial charge on any atom is -0.279 e. The van der Waals surface area contributed by atoms with Gasteiger partial charge >= 0.3 is 0 Å². The molecule has 0 radical (unpaired) electrons. The number of rotatable bonds is 2. The monoisotopic (exact) mass is 228 g/mol. The van der Waals surface area contributed by atoms with Crippen molar-refractivity contribution >= 4 is 0 Å². The van der Waals surface area contributed by atoms with Gasteiger partial charge in [0.05, 0.1) is 6.07 Å². The van der Waals surface area contributed by atoms with Crippen molar-refractivity contribution in [3.8, 4) is 6.07 Å². The second-order valence-electron chi connectivity index (χ2n) is 5.24. The molecule has 0 amide bonds. The standard InChI is InChI=1S/C15H20N2/c1-13-7-6-10-15(2,12-16)17(13)11-14-8-4-3-5-9-14/h3-5,8-9,13H,6-7,10-11H2,1-2H3/t13-,15+/m1/s1. The number of nitriles is 1. The van der Waals surface area contributed by atoms with Crippen LogP contribution in [0.25, 0.3) is 0 Å². The first kappa shape index (κ1) is 12.1. The fourth-order valence-corrected chi connectivity index (χ4v) is 2.76. The van der Waals surface area contributed by atoms with Gasteiger partial charge in [-0.05, 0) is 38.7 Å². The molecular weight excluding hydrogens is 208 g/mol. The van der Waals surface area contributed by atoms with Gasteiger partial charge in [0.2, 0.25) is 0 Å². The Balaban J connectivity index is 2.19. The van der Waals surface area contributed by atoms with E-state index in [-0.39, 0.29) is 5.54 Å². The van der Waals surface area contributed by atoms with Gasteiger partial charge in [0.15, 0.2) is 0 Å². The van der Waals surface area contributed by atoms with Crippen LogP contribution in [0, 0.1) is 11.3 Å². The normalized spacial score (nSPS) is 29.8. The molecule has 0 N–H and O–H groups in total. The van der Waals surface area contributed by atoms with Gasteiger partial charge in [0.1, 0.15) is 5.54 Å². The lowest BCUT2D eigenvalue weighted by Crippen LogP contribution is -2.52. The molecule has 1 saturated heterocycles. The smallest absolute Gasteiger partial charge is 0.106 e. The zero-order chi connectivity index (χ0) is 12.3. The highest BCUT2D eigenvalue weighted by Crippen LogP contribution is 2.32. The van der Waals surface area contributed by atoms with Crippen LogP contribution in [0.5, 0.6) is 0 Å². The lowest BCUT2D eigenvalue weighted by Gasteiger charge is -2.44. The third-order valence-corrected chi connectivity index (χ3v) is 3.89. The van der Waals surface area contributed by atoms with Crippen LogP contribution in [0.2, 0.25) is 0 Å². The minimum absolute atomic E-state index is 0.298. The van der Waals surface area contributed by atoms with Crippen molar-refractivity contribution in [1.29, 1.82) is 5.26 Å². The van der Waals surface area contributed by atoms with Crippen LogP contribution in [0.1, 0.15) is 38.7 Å². The van der Waals surface area contributed by atoms with Crippen molar-refractivity contribution < 1.29 is 0 Å². The van der Waals surface area contributed by atoms with E-state index < -0.39 is 0 Å². The summed E-state index contributed by atoms with van der Waals surface area (Å²) in [6.45, 7) is 5.19. The summed E-state index contributed by atoms with van der Waals surface area (Å²) in [4.78, 5) is 2.35. The largest absolute Gasteiger partial charge is 0.279 e. The van der Waals surface area contributed by atoms with Gasteiger partial charge < -0.3 is 0 Å². The summed E-state index contributed by atoms with van der Waals surface area (Å²) in [5, 5.41) is 9.42. The predicted molar refractivity (Wildman–Crippen MR) is 69.3 cm³/mol. The first-order chi connectivity index (χ1) is 8.15. The molecule has 1 aliphatic heterocycles. The van der Waals surface area contributed by atoms with Crippen molar-refractivity contribution in [3.05, 3.63) is 35.9 Å². The minimum atomic E-state index is -0.298. The molecule has 1 heterocycles. The number of likely N-dealkylation sites (tertiary alicyclic amines) is 1. The van der Waals surface area contributed by atoms with Gasteiger partial charge in [-0.2, -0.15) is 5.26 Å². The van der Waals surface area contributed by atoms with Crippen molar-refractivity contribution in [2.24, 2.45) is 0 Å². The molecule has 1 aliphatic rings. The number of benzene rings is 1. The van der Waals surface area contributed by atoms with Crippen LogP contribution in [0.3, 0.4) is 0 Å². The quantitative estimate of drug-likeness (QED) is 0.776.